The van der Waals surface area contributed by atoms with Gasteiger partial charge in [-0.2, -0.15) is 0 Å². The van der Waals surface area contributed by atoms with E-state index in [0.29, 0.717) is 43.7 Å². The quantitative estimate of drug-likeness (QED) is 0.596. The van der Waals surface area contributed by atoms with Crippen molar-refractivity contribution in [3.63, 3.8) is 0 Å². The Hall–Kier alpha value is -2.24. The molecule has 0 atom stereocenters. The molecule has 0 spiro atoms. The van der Waals surface area contributed by atoms with Crippen molar-refractivity contribution in [1.29, 1.82) is 0 Å². The number of rotatable bonds is 8. The molecule has 1 aliphatic heterocycles. The van der Waals surface area contributed by atoms with Gasteiger partial charge in [0, 0.05) is 37.9 Å². The number of hydrogen-bond donors (Lipinski definition) is 2. The number of benzene rings is 1. The van der Waals surface area contributed by atoms with Crippen LogP contribution in [-0.4, -0.2) is 76.3 Å². The molecular weight excluding hydrogens is 427 g/mol. The lowest BCUT2D eigenvalue weighted by molar-refractivity contribution is -0.130. The topological polar surface area (TPSA) is 90.5 Å². The highest BCUT2D eigenvalue weighted by atomic mass is 32.2. The Bertz CT molecular complexity index is 899. The highest BCUT2D eigenvalue weighted by molar-refractivity contribution is 8.01. The maximum absolute atomic E-state index is 13.2. The maximum atomic E-state index is 13.2. The fourth-order valence-corrected chi connectivity index (χ4v) is 4.80. The van der Waals surface area contributed by atoms with Gasteiger partial charge in [0.15, 0.2) is 4.34 Å². The lowest BCUT2D eigenvalue weighted by atomic mass is 10.3. The summed E-state index contributed by atoms with van der Waals surface area (Å²) in [5, 5.41) is 15.0. The summed E-state index contributed by atoms with van der Waals surface area (Å²) in [6, 6.07) is 6.36. The number of thioether (sulfide) groups is 1. The van der Waals surface area contributed by atoms with Crippen LogP contribution in [0.1, 0.15) is 12.8 Å². The van der Waals surface area contributed by atoms with Crippen molar-refractivity contribution >= 4 is 45.7 Å². The number of nitrogens with zero attached hydrogens (tertiary/aromatic N) is 4. The number of halogens is 1. The fourth-order valence-electron chi connectivity index (χ4n) is 3.07. The molecule has 2 aromatic rings. The molecule has 11 heteroatoms. The lowest BCUT2D eigenvalue weighted by Gasteiger charge is -2.34. The van der Waals surface area contributed by atoms with Crippen LogP contribution in [0.3, 0.4) is 0 Å². The molecule has 4 rings (SSSR count). The van der Waals surface area contributed by atoms with Crippen LogP contribution in [0.5, 0.6) is 0 Å². The average Bonchev–Trinajstić information content (AvgIpc) is 3.42. The Morgan fingerprint density at radius 1 is 1.20 bits per heavy atom. The molecule has 2 heterocycles. The third-order valence-electron chi connectivity index (χ3n) is 4.83. The molecule has 2 amide bonds. The van der Waals surface area contributed by atoms with E-state index in [4.69, 9.17) is 0 Å². The average molecular weight is 451 g/mol. The Morgan fingerprint density at radius 2 is 2.00 bits per heavy atom. The molecule has 2 N–H and O–H groups in total. The van der Waals surface area contributed by atoms with Gasteiger partial charge in [-0.3, -0.25) is 14.5 Å². The third kappa shape index (κ3) is 6.13. The lowest BCUT2D eigenvalue weighted by Crippen LogP contribution is -2.50. The maximum Gasteiger partial charge on any atom is 0.238 e. The Balaban J connectivity index is 1.16. The van der Waals surface area contributed by atoms with Crippen molar-refractivity contribution in [3.05, 3.63) is 30.1 Å². The number of hydrogen-bond acceptors (Lipinski definition) is 8. The van der Waals surface area contributed by atoms with Crippen molar-refractivity contribution in [2.45, 2.75) is 23.2 Å². The molecule has 2 aliphatic rings. The number of piperazine rings is 1. The molecule has 0 unspecified atom stereocenters. The van der Waals surface area contributed by atoms with E-state index in [1.54, 1.807) is 12.1 Å². The van der Waals surface area contributed by atoms with Gasteiger partial charge >= 0.3 is 0 Å². The van der Waals surface area contributed by atoms with Crippen LogP contribution in [0.2, 0.25) is 0 Å². The summed E-state index contributed by atoms with van der Waals surface area (Å²) >= 11 is 2.89. The first-order chi connectivity index (χ1) is 14.5. The fraction of sp³-hybridized carbons (Fsp3) is 0.474. The van der Waals surface area contributed by atoms with Crippen LogP contribution >= 0.6 is 23.1 Å². The van der Waals surface area contributed by atoms with Crippen molar-refractivity contribution in [1.82, 2.24) is 20.0 Å². The van der Waals surface area contributed by atoms with E-state index in [1.807, 2.05) is 9.80 Å². The molecule has 2 fully saturated rings. The predicted molar refractivity (Wildman–Crippen MR) is 115 cm³/mol. The van der Waals surface area contributed by atoms with Crippen molar-refractivity contribution in [2.75, 3.05) is 49.1 Å². The summed E-state index contributed by atoms with van der Waals surface area (Å²) in [6.07, 6.45) is 2.36. The van der Waals surface area contributed by atoms with E-state index in [-0.39, 0.29) is 24.2 Å². The zero-order valence-corrected chi connectivity index (χ0v) is 18.0. The van der Waals surface area contributed by atoms with Crippen LogP contribution in [0, 0.1) is 5.82 Å². The van der Waals surface area contributed by atoms with E-state index < -0.39 is 0 Å². The molecule has 8 nitrogen and oxygen atoms in total. The molecule has 1 saturated carbocycles. The standard InChI is InChI=1S/C19H23FN6O2S2/c20-13-2-1-3-15(10-13)21-16(27)11-25-6-8-26(9-7-25)17(28)12-29-19-24-23-18(30-19)22-14-4-5-14/h1-3,10,14H,4-9,11-12H2,(H,21,27)(H,22,23). The van der Waals surface area contributed by atoms with Gasteiger partial charge in [0.1, 0.15) is 5.82 Å². The molecule has 160 valence electrons. The SMILES string of the molecule is O=C(CN1CCN(C(=O)CSc2nnc(NC3CC3)s2)CC1)Nc1cccc(F)c1. The molecule has 0 bridgehead atoms. The molecule has 1 aromatic heterocycles. The number of nitrogens with one attached hydrogen (secondary N) is 2. The second-order valence-corrected chi connectivity index (χ2v) is 9.50. The number of amides is 2. The second-order valence-electron chi connectivity index (χ2n) is 7.30. The van der Waals surface area contributed by atoms with Gasteiger partial charge in [0.25, 0.3) is 0 Å². The highest BCUT2D eigenvalue weighted by Crippen LogP contribution is 2.30. The van der Waals surface area contributed by atoms with Crippen LogP contribution in [-0.2, 0) is 9.59 Å². The Morgan fingerprint density at radius 3 is 2.73 bits per heavy atom. The zero-order chi connectivity index (χ0) is 20.9. The van der Waals surface area contributed by atoms with Gasteiger partial charge in [-0.15, -0.1) is 10.2 Å². The van der Waals surface area contributed by atoms with Gasteiger partial charge < -0.3 is 15.5 Å². The first kappa shape index (κ1) is 21.0. The van der Waals surface area contributed by atoms with E-state index in [1.165, 1.54) is 48.1 Å². The number of carbonyl (C=O) groups is 2. The molecule has 30 heavy (non-hydrogen) atoms. The molecule has 1 aromatic carbocycles. The minimum absolute atomic E-state index is 0.0655. The monoisotopic (exact) mass is 450 g/mol. The van der Waals surface area contributed by atoms with Gasteiger partial charge in [-0.1, -0.05) is 29.2 Å². The van der Waals surface area contributed by atoms with E-state index >= 15 is 0 Å². The van der Waals surface area contributed by atoms with Crippen LogP contribution < -0.4 is 10.6 Å². The third-order valence-corrected chi connectivity index (χ3v) is 6.80. The number of carbonyl (C=O) groups excluding carboxylic acids is 2. The first-order valence-corrected chi connectivity index (χ1v) is 11.6. The number of aromatic nitrogens is 2. The highest BCUT2D eigenvalue weighted by Gasteiger charge is 2.24. The Labute approximate surface area is 182 Å². The summed E-state index contributed by atoms with van der Waals surface area (Å²) in [4.78, 5) is 28.5. The molecule has 0 radical (unpaired) electrons. The molecule has 1 saturated heterocycles. The second kappa shape index (κ2) is 9.71. The van der Waals surface area contributed by atoms with Gasteiger partial charge in [-0.05, 0) is 31.0 Å². The minimum atomic E-state index is -0.387. The van der Waals surface area contributed by atoms with Gasteiger partial charge in [0.05, 0.1) is 12.3 Å². The molecular formula is C19H23FN6O2S2. The summed E-state index contributed by atoms with van der Waals surface area (Å²) in [5.74, 6) is -0.182. The Kier molecular flexibility index (Phi) is 6.80. The van der Waals surface area contributed by atoms with E-state index in [0.717, 1.165) is 9.47 Å². The summed E-state index contributed by atoms with van der Waals surface area (Å²) in [6.45, 7) is 2.63. The van der Waals surface area contributed by atoms with Crippen LogP contribution in [0.15, 0.2) is 28.6 Å². The predicted octanol–water partition coefficient (Wildman–Crippen LogP) is 2.13. The first-order valence-electron chi connectivity index (χ1n) is 9.83. The van der Waals surface area contributed by atoms with Crippen molar-refractivity contribution < 1.29 is 14.0 Å². The van der Waals surface area contributed by atoms with Crippen LogP contribution in [0.4, 0.5) is 15.2 Å². The zero-order valence-electron chi connectivity index (χ0n) is 16.3. The van der Waals surface area contributed by atoms with Crippen molar-refractivity contribution in [2.24, 2.45) is 0 Å². The van der Waals surface area contributed by atoms with E-state index in [9.17, 15) is 14.0 Å². The normalized spacial score (nSPS) is 17.0. The van der Waals surface area contributed by atoms with Gasteiger partial charge in [0.2, 0.25) is 16.9 Å². The van der Waals surface area contributed by atoms with Gasteiger partial charge in [-0.25, -0.2) is 4.39 Å². The summed E-state index contributed by atoms with van der Waals surface area (Å²) < 4.78 is 14.0. The minimum Gasteiger partial charge on any atom is -0.357 e. The largest absolute Gasteiger partial charge is 0.357 e. The summed E-state index contributed by atoms with van der Waals surface area (Å²) in [5.41, 5.74) is 0.443. The van der Waals surface area contributed by atoms with Crippen molar-refractivity contribution in [3.8, 4) is 0 Å². The molecule has 1 aliphatic carbocycles. The number of anilines is 2. The smallest absolute Gasteiger partial charge is 0.238 e. The van der Waals surface area contributed by atoms with Crippen LogP contribution in [0.25, 0.3) is 0 Å². The summed E-state index contributed by atoms with van der Waals surface area (Å²) in [7, 11) is 0. The van der Waals surface area contributed by atoms with E-state index in [2.05, 4.69) is 20.8 Å².